The SMILES string of the molecule is CC1=C(C)N(c2[c-]c(C3(c4cc[n-]n4)c4ccncc4-c4cnccc43)ccc2)[CH-]N1C.CC1=C(C)N(c2[c-]c(C3(c4cc[n-]n4)c4ccncc4-c4cnccc43)ccc2)[CH-]N1C.[Pt].[Pt]. The minimum absolute atomic E-state index is 0. The number of nitrogens with zero attached hydrogens (tertiary/aromatic N) is 12. The van der Waals surface area contributed by atoms with E-state index in [0.717, 1.165) is 78.4 Å². The van der Waals surface area contributed by atoms with Crippen molar-refractivity contribution in [3.8, 4) is 22.3 Å². The van der Waals surface area contributed by atoms with Crippen molar-refractivity contribution in [1.82, 2.24) is 50.1 Å². The van der Waals surface area contributed by atoms with E-state index in [1.807, 2.05) is 61.7 Å². The molecule has 2 aliphatic heterocycles. The van der Waals surface area contributed by atoms with Crippen molar-refractivity contribution in [2.24, 2.45) is 0 Å². The van der Waals surface area contributed by atoms with Gasteiger partial charge in [0, 0.05) is 137 Å². The van der Waals surface area contributed by atoms with Gasteiger partial charge in [0.15, 0.2) is 0 Å². The summed E-state index contributed by atoms with van der Waals surface area (Å²) in [7, 11) is 4.13. The van der Waals surface area contributed by atoms with Gasteiger partial charge in [0.2, 0.25) is 0 Å². The number of hydrogen-bond donors (Lipinski definition) is 0. The standard InChI is InChI=1S/2C26H21N6.2Pt/c2*1-17-18(2)32(16-31(17)3)20-6-4-5-19(13-20)26(25-9-12-29-30-25)23-7-10-27-14-21(23)22-15-28-11-8-24(22)26;;/h2*4-12,14-16H,1-3H3;;/q2*-3;;. The number of hydrogen-bond acceptors (Lipinski definition) is 10. The Morgan fingerprint density at radius 3 is 1.11 bits per heavy atom. The maximum Gasteiger partial charge on any atom is 0.0646 e. The second kappa shape index (κ2) is 17.4. The van der Waals surface area contributed by atoms with Crippen LogP contribution in [0, 0.1) is 25.5 Å². The molecule has 4 aliphatic rings. The topological polar surface area (TPSA) is 118 Å². The van der Waals surface area contributed by atoms with Gasteiger partial charge in [-0.05, 0) is 99.7 Å². The van der Waals surface area contributed by atoms with E-state index in [-0.39, 0.29) is 42.1 Å². The maximum atomic E-state index is 4.56. The van der Waals surface area contributed by atoms with Crippen LogP contribution in [-0.4, -0.2) is 54.0 Å². The molecule has 14 heteroatoms. The first-order valence-corrected chi connectivity index (χ1v) is 21.1. The quantitative estimate of drug-likeness (QED) is 0.149. The second-order valence-electron chi connectivity index (χ2n) is 16.5. The summed E-state index contributed by atoms with van der Waals surface area (Å²) in [5, 5.41) is 17.5. The first-order valence-electron chi connectivity index (χ1n) is 21.1. The summed E-state index contributed by atoms with van der Waals surface area (Å²) in [5.74, 6) is 0. The van der Waals surface area contributed by atoms with Crippen LogP contribution in [0.3, 0.4) is 0 Å². The monoisotopic (exact) mass is 1220 g/mol. The van der Waals surface area contributed by atoms with Gasteiger partial charge in [0.05, 0.1) is 10.8 Å². The van der Waals surface area contributed by atoms with Crippen molar-refractivity contribution < 1.29 is 42.1 Å². The fraction of sp³-hybridized carbons (Fsp3) is 0.154. The molecule has 0 spiro atoms. The first kappa shape index (κ1) is 44.7. The van der Waals surface area contributed by atoms with E-state index in [4.69, 9.17) is 0 Å². The van der Waals surface area contributed by atoms with E-state index < -0.39 is 10.8 Å². The Balaban J connectivity index is 0.000000161. The summed E-state index contributed by atoms with van der Waals surface area (Å²) in [6, 6.07) is 32.4. The summed E-state index contributed by atoms with van der Waals surface area (Å²) in [5.41, 5.74) is 18.0. The zero-order valence-corrected chi connectivity index (χ0v) is 41.4. The van der Waals surface area contributed by atoms with Crippen molar-refractivity contribution in [1.29, 1.82) is 0 Å². The van der Waals surface area contributed by atoms with Gasteiger partial charge < -0.3 is 40.0 Å². The van der Waals surface area contributed by atoms with E-state index in [1.54, 1.807) is 12.4 Å². The molecular formula is C52H42N12Pt2-6. The molecule has 66 heavy (non-hydrogen) atoms. The summed E-state index contributed by atoms with van der Waals surface area (Å²) >= 11 is 0. The van der Waals surface area contributed by atoms with Crippen LogP contribution in [0.15, 0.2) is 158 Å². The molecule has 0 atom stereocenters. The molecule has 6 aromatic heterocycles. The number of pyridine rings is 4. The number of allylic oxidation sites excluding steroid dienone is 4. The average molecular weight is 1230 g/mol. The number of benzene rings is 2. The third-order valence-corrected chi connectivity index (χ3v) is 13.5. The molecule has 0 unspecified atom stereocenters. The van der Waals surface area contributed by atoms with Crippen molar-refractivity contribution in [2.45, 2.75) is 38.5 Å². The Labute approximate surface area is 413 Å². The van der Waals surface area contributed by atoms with Crippen LogP contribution in [0.25, 0.3) is 22.3 Å². The molecular weight excluding hydrogens is 1180 g/mol. The zero-order valence-electron chi connectivity index (χ0n) is 36.9. The van der Waals surface area contributed by atoms with E-state index in [9.17, 15) is 0 Å². The van der Waals surface area contributed by atoms with Crippen molar-refractivity contribution in [3.05, 3.63) is 228 Å². The van der Waals surface area contributed by atoms with Crippen molar-refractivity contribution >= 4 is 11.4 Å². The Bertz CT molecular complexity index is 2840. The van der Waals surface area contributed by atoms with E-state index in [1.165, 1.54) is 22.8 Å². The Kier molecular flexibility index (Phi) is 11.8. The molecule has 0 amide bonds. The van der Waals surface area contributed by atoms with Crippen molar-refractivity contribution in [3.63, 3.8) is 0 Å². The van der Waals surface area contributed by atoms with Gasteiger partial charge in [-0.25, -0.2) is 0 Å². The van der Waals surface area contributed by atoms with Gasteiger partial charge in [0.25, 0.3) is 0 Å². The molecule has 0 bridgehead atoms. The molecule has 2 aliphatic carbocycles. The smallest absolute Gasteiger partial charge is 0.0646 e. The van der Waals surface area contributed by atoms with E-state index in [0.29, 0.717) is 0 Å². The predicted molar refractivity (Wildman–Crippen MR) is 244 cm³/mol. The Morgan fingerprint density at radius 2 is 0.818 bits per heavy atom. The first-order chi connectivity index (χ1) is 31.2. The summed E-state index contributed by atoms with van der Waals surface area (Å²) in [6.07, 6.45) is 18.5. The van der Waals surface area contributed by atoms with Gasteiger partial charge in [-0.1, -0.05) is 12.1 Å². The molecule has 2 aromatic carbocycles. The third-order valence-electron chi connectivity index (χ3n) is 13.5. The Hall–Kier alpha value is -6.48. The molecule has 336 valence electrons. The molecule has 0 N–H and O–H groups in total. The van der Waals surface area contributed by atoms with Gasteiger partial charge in [-0.3, -0.25) is 19.9 Å². The van der Waals surface area contributed by atoms with Crippen molar-refractivity contribution in [2.75, 3.05) is 23.9 Å². The number of aromatic nitrogens is 8. The van der Waals surface area contributed by atoms with Crippen LogP contribution in [-0.2, 0) is 53.0 Å². The van der Waals surface area contributed by atoms with Gasteiger partial charge >= 0.3 is 0 Å². The second-order valence-corrected chi connectivity index (χ2v) is 16.5. The molecule has 0 fully saturated rings. The van der Waals surface area contributed by atoms with Crippen LogP contribution >= 0.6 is 0 Å². The van der Waals surface area contributed by atoms with Crippen LogP contribution < -0.4 is 20.0 Å². The van der Waals surface area contributed by atoms with Gasteiger partial charge in [0.1, 0.15) is 0 Å². The zero-order chi connectivity index (χ0) is 43.7. The molecule has 8 heterocycles. The molecule has 0 saturated carbocycles. The predicted octanol–water partition coefficient (Wildman–Crippen LogP) is 8.22. The number of rotatable bonds is 6. The van der Waals surface area contributed by atoms with Gasteiger partial charge in [-0.2, -0.15) is 74.3 Å². The van der Waals surface area contributed by atoms with E-state index >= 15 is 0 Å². The Morgan fingerprint density at radius 1 is 0.470 bits per heavy atom. The molecule has 0 radical (unpaired) electrons. The van der Waals surface area contributed by atoms with Gasteiger partial charge in [-0.15, -0.1) is 22.5 Å². The number of anilines is 2. The number of fused-ring (bicyclic) bond motifs is 6. The minimum Gasteiger partial charge on any atom is -0.581 e. The molecule has 0 saturated heterocycles. The maximum absolute atomic E-state index is 4.56. The van der Waals surface area contributed by atoms with E-state index in [2.05, 4.69) is 188 Å². The molecule has 12 nitrogen and oxygen atoms in total. The molecule has 12 rings (SSSR count). The summed E-state index contributed by atoms with van der Waals surface area (Å²) in [4.78, 5) is 26.2. The fourth-order valence-electron chi connectivity index (χ4n) is 9.98. The van der Waals surface area contributed by atoms with Crippen LogP contribution in [0.4, 0.5) is 11.4 Å². The average Bonchev–Trinajstić information content (AvgIpc) is 4.22. The minimum atomic E-state index is -0.638. The third kappa shape index (κ3) is 6.55. The van der Waals surface area contributed by atoms with Crippen LogP contribution in [0.1, 0.15) is 72.5 Å². The largest absolute Gasteiger partial charge is 0.581 e. The molecule has 8 aromatic rings. The summed E-state index contributed by atoms with van der Waals surface area (Å²) < 4.78 is 0. The normalized spacial score (nSPS) is 16.0. The summed E-state index contributed by atoms with van der Waals surface area (Å²) in [6.45, 7) is 12.7. The van der Waals surface area contributed by atoms with Crippen LogP contribution in [0.2, 0.25) is 0 Å². The van der Waals surface area contributed by atoms with Crippen LogP contribution in [0.5, 0.6) is 0 Å². The fourth-order valence-corrected chi connectivity index (χ4v) is 9.98.